The Kier molecular flexibility index (Phi) is 10.7. The quantitative estimate of drug-likeness (QED) is 0.459. The van der Waals surface area contributed by atoms with Gasteiger partial charge in [0.2, 0.25) is 5.91 Å². The number of hydrogen-bond donors (Lipinski definition) is 3. The molecule has 1 fully saturated rings. The lowest BCUT2D eigenvalue weighted by Gasteiger charge is -2.38. The third kappa shape index (κ3) is 7.93. The fourth-order valence-electron chi connectivity index (χ4n) is 4.28. The van der Waals surface area contributed by atoms with Crippen LogP contribution in [0.4, 0.5) is 0 Å². The van der Waals surface area contributed by atoms with E-state index >= 15 is 0 Å². The van der Waals surface area contributed by atoms with Gasteiger partial charge in [-0.1, -0.05) is 47.5 Å². The van der Waals surface area contributed by atoms with Crippen molar-refractivity contribution in [3.05, 3.63) is 0 Å². The van der Waals surface area contributed by atoms with Crippen LogP contribution in [0.15, 0.2) is 0 Å². The number of aliphatic hydroxyl groups is 1. The lowest BCUT2D eigenvalue weighted by Crippen LogP contribution is -2.43. The summed E-state index contributed by atoms with van der Waals surface area (Å²) in [6.45, 7) is 11.6. The first-order valence-electron chi connectivity index (χ1n) is 10.6. The highest BCUT2D eigenvalue weighted by molar-refractivity contribution is 5.79. The molecule has 2 unspecified atom stereocenters. The maximum atomic E-state index is 11.4. The van der Waals surface area contributed by atoms with Crippen molar-refractivity contribution in [3.8, 4) is 0 Å². The van der Waals surface area contributed by atoms with Gasteiger partial charge in [-0.25, -0.2) is 0 Å². The first-order chi connectivity index (χ1) is 12.3. The molecule has 1 rings (SSSR count). The number of rotatable bonds is 12. The lowest BCUT2D eigenvalue weighted by atomic mass is 9.75. The summed E-state index contributed by atoms with van der Waals surface area (Å²) in [4.78, 5) is 11.4. The monoisotopic (exact) mass is 370 g/mol. The predicted molar refractivity (Wildman–Crippen MR) is 107 cm³/mol. The fourth-order valence-corrected chi connectivity index (χ4v) is 4.28. The van der Waals surface area contributed by atoms with E-state index in [1.807, 2.05) is 6.92 Å². The van der Waals surface area contributed by atoms with Gasteiger partial charge in [0.1, 0.15) is 0 Å². The molecule has 0 heterocycles. The molecule has 154 valence electrons. The van der Waals surface area contributed by atoms with E-state index in [1.165, 1.54) is 12.8 Å². The molecule has 0 radical (unpaired) electrons. The second kappa shape index (κ2) is 11.9. The van der Waals surface area contributed by atoms with Crippen molar-refractivity contribution in [1.29, 1.82) is 0 Å². The van der Waals surface area contributed by atoms with Gasteiger partial charge in [0, 0.05) is 6.42 Å². The van der Waals surface area contributed by atoms with Crippen molar-refractivity contribution in [2.75, 3.05) is 6.54 Å². The maximum absolute atomic E-state index is 11.4. The molecule has 4 N–H and O–H groups in total. The summed E-state index contributed by atoms with van der Waals surface area (Å²) in [6.07, 6.45) is 6.22. The van der Waals surface area contributed by atoms with Crippen molar-refractivity contribution in [2.24, 2.45) is 29.4 Å². The summed E-state index contributed by atoms with van der Waals surface area (Å²) in [5.74, 6) is 1.74. The summed E-state index contributed by atoms with van der Waals surface area (Å²) in [7, 11) is 0. The Morgan fingerprint density at radius 1 is 1.31 bits per heavy atom. The number of primary amides is 1. The third-order valence-corrected chi connectivity index (χ3v) is 5.93. The van der Waals surface area contributed by atoms with Crippen molar-refractivity contribution in [1.82, 2.24) is 5.32 Å². The number of amides is 1. The van der Waals surface area contributed by atoms with Gasteiger partial charge in [0.15, 0.2) is 6.29 Å². The van der Waals surface area contributed by atoms with E-state index < -0.39 is 6.29 Å². The topological polar surface area (TPSA) is 84.6 Å². The van der Waals surface area contributed by atoms with E-state index in [2.05, 4.69) is 33.0 Å². The molecule has 0 aromatic heterocycles. The second-order valence-electron chi connectivity index (χ2n) is 8.62. The molecule has 5 nitrogen and oxygen atoms in total. The number of hydrogen-bond acceptors (Lipinski definition) is 4. The van der Waals surface area contributed by atoms with Crippen LogP contribution >= 0.6 is 0 Å². The van der Waals surface area contributed by atoms with Gasteiger partial charge in [0.25, 0.3) is 0 Å². The Labute approximate surface area is 160 Å². The Morgan fingerprint density at radius 3 is 2.54 bits per heavy atom. The molecule has 1 aliphatic carbocycles. The van der Waals surface area contributed by atoms with Crippen LogP contribution in [0.1, 0.15) is 79.6 Å². The Bertz CT molecular complexity index is 403. The van der Waals surface area contributed by atoms with Crippen LogP contribution in [0, 0.1) is 23.7 Å². The highest BCUT2D eigenvalue weighted by Crippen LogP contribution is 2.36. The third-order valence-electron chi connectivity index (χ3n) is 5.93. The van der Waals surface area contributed by atoms with Crippen molar-refractivity contribution < 1.29 is 14.6 Å². The van der Waals surface area contributed by atoms with Gasteiger partial charge >= 0.3 is 0 Å². The second-order valence-corrected chi connectivity index (χ2v) is 8.62. The van der Waals surface area contributed by atoms with Crippen molar-refractivity contribution in [3.63, 3.8) is 0 Å². The zero-order chi connectivity index (χ0) is 19.7. The van der Waals surface area contributed by atoms with Crippen LogP contribution in [0.5, 0.6) is 0 Å². The number of carbonyl (C=O) groups excluding carboxylic acids is 1. The van der Waals surface area contributed by atoms with Gasteiger partial charge < -0.3 is 20.9 Å². The van der Waals surface area contributed by atoms with E-state index in [0.717, 1.165) is 19.3 Å². The fraction of sp³-hybridized carbons (Fsp3) is 0.952. The van der Waals surface area contributed by atoms with Crippen LogP contribution in [-0.4, -0.2) is 36.0 Å². The molecule has 1 amide bonds. The molecule has 1 aliphatic rings. The molecule has 26 heavy (non-hydrogen) atoms. The van der Waals surface area contributed by atoms with Crippen LogP contribution in [-0.2, 0) is 9.53 Å². The number of nitrogens with two attached hydrogens (primary N) is 1. The molecular weight excluding hydrogens is 328 g/mol. The van der Waals surface area contributed by atoms with E-state index in [-0.39, 0.29) is 24.0 Å². The maximum Gasteiger partial charge on any atom is 0.234 e. The van der Waals surface area contributed by atoms with E-state index in [4.69, 9.17) is 10.5 Å². The Hall–Kier alpha value is -0.650. The van der Waals surface area contributed by atoms with Crippen molar-refractivity contribution >= 4 is 5.91 Å². The average molecular weight is 371 g/mol. The van der Waals surface area contributed by atoms with Gasteiger partial charge in [-0.15, -0.1) is 0 Å². The summed E-state index contributed by atoms with van der Waals surface area (Å²) in [5, 5.41) is 13.8. The standard InChI is InChI=1S/C21H42N2O3/c1-6-8-16(13-23-18(7-2)21(22)25)12-20(24)26-19-11-15(5)9-10-17(19)14(3)4/h14-20,23-24H,6-13H2,1-5H3,(H2,22,25)/t15-,16-,17+,18+,19?,20?/m1/s1. The molecule has 6 atom stereocenters. The van der Waals surface area contributed by atoms with Crippen molar-refractivity contribution in [2.45, 2.75) is 98.0 Å². The molecule has 0 aliphatic heterocycles. The first kappa shape index (κ1) is 23.4. The summed E-state index contributed by atoms with van der Waals surface area (Å²) in [5.41, 5.74) is 5.41. The summed E-state index contributed by atoms with van der Waals surface area (Å²) < 4.78 is 6.13. The van der Waals surface area contributed by atoms with Crippen LogP contribution in [0.3, 0.4) is 0 Å². The normalized spacial score (nSPS) is 27.3. The largest absolute Gasteiger partial charge is 0.368 e. The summed E-state index contributed by atoms with van der Waals surface area (Å²) in [6, 6.07) is -0.295. The highest BCUT2D eigenvalue weighted by Gasteiger charge is 2.33. The number of nitrogens with one attached hydrogen (secondary N) is 1. The van der Waals surface area contributed by atoms with Gasteiger partial charge in [-0.05, 0) is 55.9 Å². The molecule has 5 heteroatoms. The van der Waals surface area contributed by atoms with E-state index in [0.29, 0.717) is 37.1 Å². The highest BCUT2D eigenvalue weighted by atomic mass is 16.6. The van der Waals surface area contributed by atoms with Crippen LogP contribution in [0.25, 0.3) is 0 Å². The first-order valence-corrected chi connectivity index (χ1v) is 10.6. The zero-order valence-electron chi connectivity index (χ0n) is 17.5. The zero-order valence-corrected chi connectivity index (χ0v) is 17.5. The lowest BCUT2D eigenvalue weighted by molar-refractivity contribution is -0.176. The Balaban J connectivity index is 2.56. The van der Waals surface area contributed by atoms with Gasteiger partial charge in [-0.3, -0.25) is 4.79 Å². The van der Waals surface area contributed by atoms with Crippen LogP contribution < -0.4 is 11.1 Å². The molecule has 0 bridgehead atoms. The van der Waals surface area contributed by atoms with Crippen LogP contribution in [0.2, 0.25) is 0 Å². The smallest absolute Gasteiger partial charge is 0.234 e. The van der Waals surface area contributed by atoms with Gasteiger partial charge in [0.05, 0.1) is 12.1 Å². The van der Waals surface area contributed by atoms with Gasteiger partial charge in [-0.2, -0.15) is 0 Å². The minimum Gasteiger partial charge on any atom is -0.368 e. The molecule has 1 saturated carbocycles. The average Bonchev–Trinajstić information content (AvgIpc) is 2.54. The number of carbonyl (C=O) groups is 1. The SMILES string of the molecule is CCC[C@@H](CN[C@@H](CC)C(N)=O)CC(O)OC1C[C@H](C)CC[C@H]1C(C)C. The number of aliphatic hydroxyl groups excluding tert-OH is 1. The summed E-state index contributed by atoms with van der Waals surface area (Å²) >= 11 is 0. The minimum absolute atomic E-state index is 0.151. The molecule has 0 aromatic carbocycles. The minimum atomic E-state index is -0.737. The molecule has 0 saturated heterocycles. The van der Waals surface area contributed by atoms with E-state index in [9.17, 15) is 9.90 Å². The molecule has 0 aromatic rings. The number of ether oxygens (including phenoxy) is 1. The Morgan fingerprint density at radius 2 is 2.00 bits per heavy atom. The molecule has 0 spiro atoms. The van der Waals surface area contributed by atoms with E-state index in [1.54, 1.807) is 0 Å². The molecular formula is C21H42N2O3. The predicted octanol–water partition coefficient (Wildman–Crippen LogP) is 3.44.